The lowest BCUT2D eigenvalue weighted by molar-refractivity contribution is -0.386. The van der Waals surface area contributed by atoms with E-state index in [1.165, 1.54) is 19.2 Å². The van der Waals surface area contributed by atoms with E-state index >= 15 is 0 Å². The van der Waals surface area contributed by atoms with Crippen LogP contribution in [0.25, 0.3) is 0 Å². The molecule has 2 amide bonds. The van der Waals surface area contributed by atoms with Gasteiger partial charge in [-0.25, -0.2) is 9.59 Å². The van der Waals surface area contributed by atoms with Crippen molar-refractivity contribution >= 4 is 17.7 Å². The van der Waals surface area contributed by atoms with Crippen LogP contribution in [-0.2, 0) is 9.53 Å². The van der Waals surface area contributed by atoms with E-state index in [1.54, 1.807) is 20.8 Å². The lowest BCUT2D eigenvalue weighted by Gasteiger charge is -2.31. The van der Waals surface area contributed by atoms with Crippen molar-refractivity contribution in [3.8, 4) is 11.5 Å². The number of carbonyl (C=O) groups is 2. The van der Waals surface area contributed by atoms with Crippen molar-refractivity contribution < 1.29 is 28.7 Å². The number of nitrogens with zero attached hydrogens (tertiary/aromatic N) is 1. The Morgan fingerprint density at radius 2 is 1.93 bits per heavy atom. The molecule has 0 radical (unpaired) electrons. The molecular formula is C20H27N3O7. The number of urea groups is 1. The summed E-state index contributed by atoms with van der Waals surface area (Å²) in [6, 6.07) is 1.29. The molecule has 0 spiro atoms. The van der Waals surface area contributed by atoms with Crippen LogP contribution in [0.3, 0.4) is 0 Å². The number of methoxy groups -OCH3 is 1. The Hall–Kier alpha value is -3.30. The topological polar surface area (TPSA) is 129 Å². The zero-order valence-electron chi connectivity index (χ0n) is 17.9. The number of hydrogen-bond donors (Lipinski definition) is 2. The third kappa shape index (κ3) is 4.81. The summed E-state index contributed by atoms with van der Waals surface area (Å²) < 4.78 is 16.1. The Kier molecular flexibility index (Phi) is 7.25. The Morgan fingerprint density at radius 3 is 2.43 bits per heavy atom. The number of nitro benzene ring substituents is 1. The minimum atomic E-state index is -0.962. The van der Waals surface area contributed by atoms with Crippen molar-refractivity contribution in [1.29, 1.82) is 0 Å². The number of benzene rings is 1. The Bertz CT molecular complexity index is 877. The summed E-state index contributed by atoms with van der Waals surface area (Å²) in [5, 5.41) is 17.0. The molecule has 10 nitrogen and oxygen atoms in total. The van der Waals surface area contributed by atoms with Gasteiger partial charge in [0.25, 0.3) is 0 Å². The first-order valence-electron chi connectivity index (χ1n) is 9.62. The Balaban J connectivity index is 2.73. The first-order chi connectivity index (χ1) is 14.1. The minimum absolute atomic E-state index is 0.0211. The molecule has 0 aliphatic carbocycles. The first kappa shape index (κ1) is 23.0. The van der Waals surface area contributed by atoms with Crippen molar-refractivity contribution in [3.05, 3.63) is 39.1 Å². The van der Waals surface area contributed by atoms with Crippen LogP contribution in [0.4, 0.5) is 10.5 Å². The fourth-order valence-corrected chi connectivity index (χ4v) is 3.14. The van der Waals surface area contributed by atoms with Crippen molar-refractivity contribution in [2.75, 3.05) is 13.7 Å². The average molecular weight is 421 g/mol. The van der Waals surface area contributed by atoms with Crippen molar-refractivity contribution in [2.45, 2.75) is 46.8 Å². The van der Waals surface area contributed by atoms with Crippen LogP contribution in [-0.4, -0.2) is 36.7 Å². The van der Waals surface area contributed by atoms with Gasteiger partial charge in [-0.15, -0.1) is 0 Å². The lowest BCUT2D eigenvalue weighted by atomic mass is 9.91. The number of allylic oxidation sites excluding steroid dienone is 1. The zero-order valence-corrected chi connectivity index (χ0v) is 17.9. The van der Waals surface area contributed by atoms with E-state index in [9.17, 15) is 19.7 Å². The van der Waals surface area contributed by atoms with Crippen LogP contribution < -0.4 is 20.1 Å². The third-order valence-electron chi connectivity index (χ3n) is 4.34. The molecule has 1 unspecified atom stereocenters. The monoisotopic (exact) mass is 421 g/mol. The van der Waals surface area contributed by atoms with E-state index < -0.39 is 23.0 Å². The van der Waals surface area contributed by atoms with Gasteiger partial charge in [0.2, 0.25) is 5.75 Å². The molecule has 2 rings (SSSR count). The lowest BCUT2D eigenvalue weighted by Crippen LogP contribution is -2.47. The normalized spacial score (nSPS) is 16.3. The van der Waals surface area contributed by atoms with Gasteiger partial charge in [0.1, 0.15) is 0 Å². The molecule has 164 valence electrons. The number of nitro groups is 1. The third-order valence-corrected chi connectivity index (χ3v) is 4.34. The maximum absolute atomic E-state index is 12.7. The highest BCUT2D eigenvalue weighted by atomic mass is 16.6. The van der Waals surface area contributed by atoms with Crippen LogP contribution >= 0.6 is 0 Å². The van der Waals surface area contributed by atoms with Gasteiger partial charge in [-0.2, -0.15) is 0 Å². The summed E-state index contributed by atoms with van der Waals surface area (Å²) in [6.07, 6.45) is -0.329. The van der Waals surface area contributed by atoms with Crippen molar-refractivity contribution in [2.24, 2.45) is 5.92 Å². The molecule has 1 aromatic carbocycles. The molecule has 1 aliphatic heterocycles. The highest BCUT2D eigenvalue weighted by Gasteiger charge is 2.36. The number of esters is 1. The van der Waals surface area contributed by atoms with Crippen LogP contribution in [0.2, 0.25) is 0 Å². The fraction of sp³-hybridized carbons (Fsp3) is 0.500. The number of ether oxygens (including phenoxy) is 3. The van der Waals surface area contributed by atoms with Crippen LogP contribution in [0.15, 0.2) is 23.4 Å². The predicted octanol–water partition coefficient (Wildman–Crippen LogP) is 3.22. The maximum Gasteiger partial charge on any atom is 0.338 e. The predicted molar refractivity (Wildman–Crippen MR) is 108 cm³/mol. The van der Waals surface area contributed by atoms with Gasteiger partial charge in [-0.05, 0) is 38.3 Å². The number of hydrogen-bond acceptors (Lipinski definition) is 7. The first-order valence-corrected chi connectivity index (χ1v) is 9.62. The number of carbonyl (C=O) groups excluding carboxylic acids is 2. The molecule has 1 aliphatic rings. The standard InChI is InChI=1S/C20H27N3O7/c1-7-29-19(24)15-16(10(2)3)21-20(25)22-17(15)12-8-13(23(26)27)18(30-11(4)5)14(9-12)28-6/h8-11,17H,7H2,1-6H3,(H2,21,22,25). The largest absolute Gasteiger partial charge is 0.493 e. The smallest absolute Gasteiger partial charge is 0.338 e. The molecule has 30 heavy (non-hydrogen) atoms. The van der Waals surface area contributed by atoms with Gasteiger partial charge < -0.3 is 24.8 Å². The highest BCUT2D eigenvalue weighted by Crippen LogP contribution is 2.42. The molecule has 10 heteroatoms. The van der Waals surface area contributed by atoms with E-state index in [0.29, 0.717) is 11.3 Å². The van der Waals surface area contributed by atoms with Gasteiger partial charge >= 0.3 is 17.7 Å². The molecule has 1 atom stereocenters. The molecule has 0 saturated carbocycles. The Labute approximate surface area is 174 Å². The minimum Gasteiger partial charge on any atom is -0.493 e. The molecule has 1 heterocycles. The van der Waals surface area contributed by atoms with E-state index in [0.717, 1.165) is 0 Å². The summed E-state index contributed by atoms with van der Waals surface area (Å²) in [5.41, 5.74) is 0.539. The summed E-state index contributed by atoms with van der Waals surface area (Å²) in [4.78, 5) is 36.1. The van der Waals surface area contributed by atoms with Gasteiger partial charge in [-0.1, -0.05) is 13.8 Å². The van der Waals surface area contributed by atoms with Crippen LogP contribution in [0.5, 0.6) is 11.5 Å². The number of amides is 2. The van der Waals surface area contributed by atoms with Crippen LogP contribution in [0.1, 0.15) is 46.2 Å². The number of rotatable bonds is 8. The van der Waals surface area contributed by atoms with Gasteiger partial charge in [0.15, 0.2) is 5.75 Å². The highest BCUT2D eigenvalue weighted by molar-refractivity contribution is 5.95. The van der Waals surface area contributed by atoms with Gasteiger partial charge in [-0.3, -0.25) is 10.1 Å². The van der Waals surface area contributed by atoms with Crippen LogP contribution in [0, 0.1) is 16.0 Å². The second kappa shape index (κ2) is 9.47. The van der Waals surface area contributed by atoms with E-state index in [-0.39, 0.29) is 41.4 Å². The summed E-state index contributed by atoms with van der Waals surface area (Å²) in [5.74, 6) is -0.719. The summed E-state index contributed by atoms with van der Waals surface area (Å²) >= 11 is 0. The quantitative estimate of drug-likeness (QED) is 0.374. The SMILES string of the molecule is CCOC(=O)C1=C(C(C)C)NC(=O)NC1c1cc(OC)c(OC(C)C)c([N+](=O)[O-])c1. The summed E-state index contributed by atoms with van der Waals surface area (Å²) in [7, 11) is 1.36. The van der Waals surface area contributed by atoms with E-state index in [1.807, 2.05) is 13.8 Å². The molecule has 0 bridgehead atoms. The molecule has 0 saturated heterocycles. The maximum atomic E-state index is 12.7. The molecule has 0 fully saturated rings. The zero-order chi connectivity index (χ0) is 22.6. The Morgan fingerprint density at radius 1 is 1.27 bits per heavy atom. The van der Waals surface area contributed by atoms with E-state index in [2.05, 4.69) is 10.6 Å². The molecular weight excluding hydrogens is 394 g/mol. The summed E-state index contributed by atoms with van der Waals surface area (Å²) in [6.45, 7) is 8.92. The van der Waals surface area contributed by atoms with Gasteiger partial charge in [0, 0.05) is 11.8 Å². The van der Waals surface area contributed by atoms with Crippen molar-refractivity contribution in [3.63, 3.8) is 0 Å². The fourth-order valence-electron chi connectivity index (χ4n) is 3.14. The molecule has 2 N–H and O–H groups in total. The molecule has 0 aromatic heterocycles. The van der Waals surface area contributed by atoms with Gasteiger partial charge in [0.05, 0.1) is 36.4 Å². The van der Waals surface area contributed by atoms with E-state index in [4.69, 9.17) is 14.2 Å². The number of nitrogens with one attached hydrogen (secondary N) is 2. The molecule has 1 aromatic rings. The van der Waals surface area contributed by atoms with Crippen molar-refractivity contribution in [1.82, 2.24) is 10.6 Å². The second-order valence-electron chi connectivity index (χ2n) is 7.23. The second-order valence-corrected chi connectivity index (χ2v) is 7.23. The average Bonchev–Trinajstić information content (AvgIpc) is 2.66.